The van der Waals surface area contributed by atoms with Crippen LogP contribution in [0.2, 0.25) is 0 Å². The summed E-state index contributed by atoms with van der Waals surface area (Å²) in [5.74, 6) is 10.8. The fourth-order valence-electron chi connectivity index (χ4n) is 11.3. The molecule has 0 nitrogen and oxygen atoms in total. The van der Waals surface area contributed by atoms with Crippen molar-refractivity contribution in [3.05, 3.63) is 419 Å². The summed E-state index contributed by atoms with van der Waals surface area (Å²) in [6.45, 7) is 11.1. The van der Waals surface area contributed by atoms with E-state index >= 15 is 0 Å². The zero-order valence-electron chi connectivity index (χ0n) is 53.2. The molecule has 12 aromatic carbocycles. The molecule has 0 amide bonds. The van der Waals surface area contributed by atoms with Crippen molar-refractivity contribution in [2.45, 2.75) is 62.7 Å². The average molecular weight is 1260 g/mol. The van der Waals surface area contributed by atoms with E-state index < -0.39 is 0 Å². The van der Waals surface area contributed by atoms with Gasteiger partial charge in [0.25, 0.3) is 0 Å². The van der Waals surface area contributed by atoms with Crippen molar-refractivity contribution in [1.82, 2.24) is 0 Å². The van der Waals surface area contributed by atoms with Crippen molar-refractivity contribution in [3.8, 4) is 35.3 Å². The fourth-order valence-corrected chi connectivity index (χ4v) is 11.3. The molecule has 476 valence electrons. The third kappa shape index (κ3) is 19.9. The summed E-state index contributed by atoms with van der Waals surface area (Å²) in [7, 11) is 0. The smallest absolute Gasteiger partial charge is 0.0787 e. The molecule has 12 aromatic rings. The van der Waals surface area contributed by atoms with Gasteiger partial charge < -0.3 is 0 Å². The van der Waals surface area contributed by atoms with Gasteiger partial charge in [-0.1, -0.05) is 371 Å². The molecule has 0 atom stereocenters. The van der Waals surface area contributed by atoms with Gasteiger partial charge in [-0.3, -0.25) is 0 Å². The lowest BCUT2D eigenvalue weighted by molar-refractivity contribution is 0.108. The molecule has 0 fully saturated rings. The average Bonchev–Trinajstić information content (AvgIpc) is 1.29. The first-order valence-electron chi connectivity index (χ1n) is 30.4. The molecule has 0 heterocycles. The van der Waals surface area contributed by atoms with Gasteiger partial charge in [-0.15, -0.1) is 6.42 Å². The van der Waals surface area contributed by atoms with Gasteiger partial charge in [-0.25, -0.2) is 0 Å². The van der Waals surface area contributed by atoms with Gasteiger partial charge in [0, 0.05) is 59.4 Å². The zero-order valence-corrected chi connectivity index (χ0v) is 53.2. The van der Waals surface area contributed by atoms with Crippen LogP contribution in [-0.2, 0) is 16.2 Å². The first-order valence-corrected chi connectivity index (χ1v) is 30.4. The van der Waals surface area contributed by atoms with E-state index in [0.717, 1.165) is 16.7 Å². The molecule has 0 unspecified atom stereocenters. The minimum atomic E-state index is -0.345. The summed E-state index contributed by atoms with van der Waals surface area (Å²) in [5.41, 5.74) is 17.4. The van der Waals surface area contributed by atoms with Crippen molar-refractivity contribution < 1.29 is 36.6 Å². The Morgan fingerprint density at radius 3 is 0.798 bits per heavy atom. The molecule has 8 heteroatoms. The Kier molecular flexibility index (Phi) is 31.6. The van der Waals surface area contributed by atoms with Crippen molar-refractivity contribution in [1.29, 1.82) is 0 Å². The van der Waals surface area contributed by atoms with Crippen LogP contribution in [0.15, 0.2) is 352 Å². The van der Waals surface area contributed by atoms with Gasteiger partial charge in [0.05, 0.1) is 10.8 Å². The normalized spacial score (nSPS) is 10.6. The molecule has 0 aliphatic heterocycles. The van der Waals surface area contributed by atoms with Crippen molar-refractivity contribution >= 4 is 0 Å². The number of fused-ring (bicyclic) bond motifs is 3. The maximum atomic E-state index is 8.00. The van der Waals surface area contributed by atoms with E-state index in [1.165, 1.54) is 61.2 Å². The maximum absolute atomic E-state index is 8.00. The highest BCUT2D eigenvalue weighted by atomic mass is 20.0. The van der Waals surface area contributed by atoms with Crippen LogP contribution in [0, 0.1) is 24.2 Å². The third-order valence-corrected chi connectivity index (χ3v) is 16.7. The molecule has 0 saturated carbocycles. The summed E-state index contributed by atoms with van der Waals surface area (Å²) in [6, 6.07) is 122. The van der Waals surface area contributed by atoms with Gasteiger partial charge in [0.15, 0.2) is 0 Å². The van der Waals surface area contributed by atoms with E-state index in [1.54, 1.807) is 0 Å². The van der Waals surface area contributed by atoms with E-state index in [9.17, 15) is 0 Å². The monoisotopic (exact) mass is 1260 g/mol. The number of terminal acetylenes is 1. The molecule has 1 aliphatic rings. The van der Waals surface area contributed by atoms with Crippen molar-refractivity contribution in [2.75, 3.05) is 0 Å². The summed E-state index contributed by atoms with van der Waals surface area (Å²) < 4.78 is 64.0. The van der Waals surface area contributed by atoms with Crippen molar-refractivity contribution in [2.24, 2.45) is 0 Å². The molecule has 0 saturated heterocycles. The Balaban J connectivity index is 0.000000209. The molecular formula is C86H76F8. The highest BCUT2D eigenvalue weighted by molar-refractivity contribution is 5.78. The highest BCUT2D eigenvalue weighted by Crippen LogP contribution is 2.44. The van der Waals surface area contributed by atoms with E-state index in [-0.39, 0.29) is 16.2 Å². The highest BCUT2D eigenvalue weighted by Gasteiger charge is 2.31. The topological polar surface area (TPSA) is 0 Å². The van der Waals surface area contributed by atoms with Gasteiger partial charge >= 0.3 is 0 Å². The number of halogens is 8. The SMILES string of the molecule is C#CC(C)(c1ccccc1)c1ccccc1.CC(C#Cc1ccccc1)(c1ccccc1)c1ccccc1.CC(c1ccccc1)(c1ccccc1)c1ccccc1.CC(c1ccccc1)c1ccccc1.CC1c2ccccc2-c2ccccc21.FF.FF.FF.FF. The third-order valence-electron chi connectivity index (χ3n) is 16.7. The second kappa shape index (κ2) is 40.1. The Morgan fingerprint density at radius 1 is 0.298 bits per heavy atom. The largest absolute Gasteiger partial charge is 0.119 e. The van der Waals surface area contributed by atoms with Crippen LogP contribution in [-0.4, -0.2) is 0 Å². The van der Waals surface area contributed by atoms with Crippen LogP contribution in [0.4, 0.5) is 36.6 Å². The second-order valence-corrected chi connectivity index (χ2v) is 22.1. The molecule has 0 bridgehead atoms. The van der Waals surface area contributed by atoms with Crippen LogP contribution >= 0.6 is 0 Å². The molecule has 1 aliphatic carbocycles. The lowest BCUT2D eigenvalue weighted by Crippen LogP contribution is -2.25. The van der Waals surface area contributed by atoms with E-state index in [4.69, 9.17) is 43.0 Å². The predicted molar refractivity (Wildman–Crippen MR) is 374 cm³/mol. The predicted octanol–water partition coefficient (Wildman–Crippen LogP) is 24.7. The Morgan fingerprint density at radius 2 is 0.521 bits per heavy atom. The molecule has 0 N–H and O–H groups in total. The lowest BCUT2D eigenvalue weighted by atomic mass is 9.71. The summed E-state index contributed by atoms with van der Waals surface area (Å²) in [6.07, 6.45) is 5.72. The molecular weight excluding hydrogens is 1180 g/mol. The molecule has 94 heavy (non-hydrogen) atoms. The Labute approximate surface area is 550 Å². The molecule has 0 radical (unpaired) electrons. The standard InChI is InChI=1S/C22H18.C20H18.C16H14.C14H12.C14H14.4F2/c1-22(20-13-7-3-8-14-20,21-15-9-4-10-16-21)18-17-19-11-5-2-6-12-19;1-20(17-11-5-2-6-12-17,18-13-7-3-8-14-18)19-15-9-4-10-16-19;1-3-16(2,14-10-6-4-7-11-14)15-12-8-5-9-13-15;1-10-11-6-2-4-8-13(11)14-9-5-3-7-12(10)14;1-12(13-8-4-2-5-9-13)14-10-6-3-7-11-14;4*1-2/h2-16H,1H3;2-16H,1H3;1,4-13H,2H3;2-10H,1H3;2-12H,1H3;;;;. The van der Waals surface area contributed by atoms with Gasteiger partial charge in [0.1, 0.15) is 0 Å². The molecule has 13 rings (SSSR count). The lowest BCUT2D eigenvalue weighted by Gasteiger charge is -2.31. The summed E-state index contributed by atoms with van der Waals surface area (Å²) >= 11 is 0. The van der Waals surface area contributed by atoms with Crippen LogP contribution in [0.1, 0.15) is 113 Å². The minimum absolute atomic E-state index is 0.121. The number of rotatable bonds is 9. The van der Waals surface area contributed by atoms with Gasteiger partial charge in [-0.2, -0.15) is 0 Å². The first kappa shape index (κ1) is 73.9. The summed E-state index contributed by atoms with van der Waals surface area (Å²) in [4.78, 5) is 0. The molecule has 0 spiro atoms. The quantitative estimate of drug-likeness (QED) is 0.0768. The number of hydrogen-bond donors (Lipinski definition) is 0. The van der Waals surface area contributed by atoms with Gasteiger partial charge in [0.2, 0.25) is 0 Å². The maximum Gasteiger partial charge on any atom is 0.0787 e. The Hall–Kier alpha value is -10.8. The van der Waals surface area contributed by atoms with Gasteiger partial charge in [-0.05, 0) is 105 Å². The Bertz CT molecular complexity index is 3790. The minimum Gasteiger partial charge on any atom is -0.119 e. The van der Waals surface area contributed by atoms with E-state index in [1.807, 2.05) is 78.9 Å². The fraction of sp³-hybridized carbons (Fsp3) is 0.116. The molecule has 0 aromatic heterocycles. The summed E-state index contributed by atoms with van der Waals surface area (Å²) in [5, 5.41) is 0. The van der Waals surface area contributed by atoms with Crippen LogP contribution in [0.3, 0.4) is 0 Å². The second-order valence-electron chi connectivity index (χ2n) is 22.1. The van der Waals surface area contributed by atoms with Crippen molar-refractivity contribution in [3.63, 3.8) is 0 Å². The van der Waals surface area contributed by atoms with E-state index in [0.29, 0.717) is 11.8 Å². The van der Waals surface area contributed by atoms with Crippen LogP contribution in [0.5, 0.6) is 0 Å². The van der Waals surface area contributed by atoms with E-state index in [2.05, 4.69) is 325 Å². The number of hydrogen-bond acceptors (Lipinski definition) is 0. The number of benzene rings is 12. The van der Waals surface area contributed by atoms with Crippen LogP contribution in [0.25, 0.3) is 11.1 Å². The van der Waals surface area contributed by atoms with Crippen LogP contribution < -0.4 is 0 Å². The first-order chi connectivity index (χ1) is 46.1. The zero-order chi connectivity index (χ0) is 67.9.